The van der Waals surface area contributed by atoms with Crippen LogP contribution in [0.4, 0.5) is 0 Å². The molecule has 3 aliphatic heterocycles. The van der Waals surface area contributed by atoms with Gasteiger partial charge in [-0.15, -0.1) is 11.8 Å². The van der Waals surface area contributed by atoms with Gasteiger partial charge in [-0.25, -0.2) is 0 Å². The van der Waals surface area contributed by atoms with Crippen LogP contribution in [0.2, 0.25) is 0 Å². The molecule has 2 saturated heterocycles. The summed E-state index contributed by atoms with van der Waals surface area (Å²) in [5.74, 6) is 0.556. The van der Waals surface area contributed by atoms with Crippen LogP contribution in [0.25, 0.3) is 0 Å². The number of nitrogens with one attached hydrogen (secondary N) is 1. The monoisotopic (exact) mass is 332 g/mol. The summed E-state index contributed by atoms with van der Waals surface area (Å²) < 4.78 is 7.31. The number of fused-ring (bicyclic) bond motifs is 1. The van der Waals surface area contributed by atoms with E-state index < -0.39 is 0 Å². The summed E-state index contributed by atoms with van der Waals surface area (Å²) in [6, 6.07) is 0. The molecule has 100 valence electrons. The molecule has 0 radical (unpaired) electrons. The Balaban J connectivity index is 1.62. The third-order valence-corrected chi connectivity index (χ3v) is 7.19. The number of rotatable bonds is 1. The van der Waals surface area contributed by atoms with Crippen molar-refractivity contribution in [3.05, 3.63) is 10.0 Å². The van der Waals surface area contributed by atoms with Crippen LogP contribution in [0.3, 0.4) is 0 Å². The van der Waals surface area contributed by atoms with Crippen molar-refractivity contribution in [2.75, 3.05) is 20.3 Å². The van der Waals surface area contributed by atoms with Gasteiger partial charge in [0.25, 0.3) is 0 Å². The summed E-state index contributed by atoms with van der Waals surface area (Å²) >= 11 is 5.44. The molecule has 1 unspecified atom stereocenters. The predicted octanol–water partition coefficient (Wildman–Crippen LogP) is 2.03. The van der Waals surface area contributed by atoms with E-state index in [1.807, 2.05) is 11.8 Å². The summed E-state index contributed by atoms with van der Waals surface area (Å²) in [6.07, 6.45) is 3.60. The molecule has 1 saturated carbocycles. The molecule has 1 N–H and O–H groups in total. The van der Waals surface area contributed by atoms with Crippen molar-refractivity contribution in [1.29, 1.82) is 0 Å². The van der Waals surface area contributed by atoms with E-state index in [0.29, 0.717) is 11.3 Å². The molecule has 3 heterocycles. The second-order valence-electron chi connectivity index (χ2n) is 5.87. The molecule has 0 amide bonds. The summed E-state index contributed by atoms with van der Waals surface area (Å²) in [5, 5.41) is 2.51. The highest BCUT2D eigenvalue weighted by atomic mass is 79.9. The van der Waals surface area contributed by atoms with Gasteiger partial charge in [-0.3, -0.25) is 0 Å². The molecule has 4 rings (SSSR count). The van der Waals surface area contributed by atoms with Crippen LogP contribution in [-0.4, -0.2) is 41.7 Å². The first-order valence-electron chi connectivity index (χ1n) is 6.42. The van der Waals surface area contributed by atoms with Gasteiger partial charge in [0.05, 0.1) is 23.4 Å². The Hall–Kier alpha value is 0.250. The van der Waals surface area contributed by atoms with Gasteiger partial charge in [-0.2, -0.15) is 5.48 Å². The zero-order valence-corrected chi connectivity index (χ0v) is 12.7. The Bertz CT molecular complexity index is 415. The second kappa shape index (κ2) is 3.88. The Kier molecular flexibility index (Phi) is 2.59. The van der Waals surface area contributed by atoms with Crippen molar-refractivity contribution in [2.45, 2.75) is 35.8 Å². The van der Waals surface area contributed by atoms with E-state index in [0.717, 1.165) is 24.2 Å². The quantitative estimate of drug-likeness (QED) is 0.743. The van der Waals surface area contributed by atoms with E-state index in [-0.39, 0.29) is 11.1 Å². The van der Waals surface area contributed by atoms with E-state index in [1.54, 1.807) is 0 Å². The number of nitrogens with zero attached hydrogens (tertiary/aromatic N) is 1. The van der Waals surface area contributed by atoms with Crippen molar-refractivity contribution in [3.8, 4) is 0 Å². The van der Waals surface area contributed by atoms with Crippen molar-refractivity contribution in [3.63, 3.8) is 0 Å². The maximum atomic E-state index is 6.17. The van der Waals surface area contributed by atoms with Gasteiger partial charge in [0.2, 0.25) is 0 Å². The van der Waals surface area contributed by atoms with Gasteiger partial charge in [0, 0.05) is 18.4 Å². The summed E-state index contributed by atoms with van der Waals surface area (Å²) in [4.78, 5) is 7.87. The molecule has 3 atom stereocenters. The van der Waals surface area contributed by atoms with Crippen LogP contribution in [0.15, 0.2) is 10.0 Å². The number of thioether (sulfide) groups is 1. The van der Waals surface area contributed by atoms with Crippen LogP contribution >= 0.6 is 27.7 Å². The minimum absolute atomic E-state index is 0.0702. The number of hydroxylamine groups is 1. The summed E-state index contributed by atoms with van der Waals surface area (Å²) in [6.45, 7) is 1.57. The molecule has 4 nitrogen and oxygen atoms in total. The second-order valence-corrected chi connectivity index (χ2v) is 7.63. The Morgan fingerprint density at radius 2 is 2.39 bits per heavy atom. The lowest BCUT2D eigenvalue weighted by Crippen LogP contribution is -2.63. The normalized spacial score (nSPS) is 45.2. The standard InChI is InChI=1S/C12H17BrN2O2S/c1-15-9(13)6-18-10(15)12-7-16-11(2-3-11)4-8(12)5-17-14-12/h6,8,10,14H,2-5,7H2,1H3/t8-,10?,12-/m0/s1. The average Bonchev–Trinajstić information content (AvgIpc) is 2.84. The van der Waals surface area contributed by atoms with Gasteiger partial charge in [0.1, 0.15) is 10.9 Å². The van der Waals surface area contributed by atoms with E-state index in [1.165, 1.54) is 12.8 Å². The number of hydrogen-bond donors (Lipinski definition) is 1. The van der Waals surface area contributed by atoms with Gasteiger partial charge < -0.3 is 14.5 Å². The molecular weight excluding hydrogens is 316 g/mol. The molecule has 6 heteroatoms. The van der Waals surface area contributed by atoms with E-state index in [9.17, 15) is 0 Å². The first-order valence-corrected chi connectivity index (χ1v) is 8.16. The first kappa shape index (κ1) is 12.0. The third-order valence-electron chi connectivity index (χ3n) is 4.74. The fraction of sp³-hybridized carbons (Fsp3) is 0.833. The van der Waals surface area contributed by atoms with E-state index in [2.05, 4.69) is 38.8 Å². The van der Waals surface area contributed by atoms with Gasteiger partial charge >= 0.3 is 0 Å². The number of halogens is 1. The van der Waals surface area contributed by atoms with Crippen molar-refractivity contribution in [2.24, 2.45) is 5.92 Å². The average molecular weight is 333 g/mol. The fourth-order valence-corrected chi connectivity index (χ4v) is 5.28. The fourth-order valence-electron chi connectivity index (χ4n) is 3.36. The van der Waals surface area contributed by atoms with Gasteiger partial charge in [0.15, 0.2) is 0 Å². The Labute approximate surface area is 120 Å². The summed E-state index contributed by atoms with van der Waals surface area (Å²) in [5.41, 5.74) is 3.42. The topological polar surface area (TPSA) is 33.7 Å². The Morgan fingerprint density at radius 1 is 1.56 bits per heavy atom. The van der Waals surface area contributed by atoms with Crippen LogP contribution in [0, 0.1) is 5.92 Å². The zero-order chi connectivity index (χ0) is 12.4. The molecule has 3 fully saturated rings. The van der Waals surface area contributed by atoms with E-state index >= 15 is 0 Å². The highest BCUT2D eigenvalue weighted by Gasteiger charge is 2.62. The maximum absolute atomic E-state index is 6.17. The van der Waals surface area contributed by atoms with Crippen LogP contribution in [0.1, 0.15) is 19.3 Å². The highest BCUT2D eigenvalue weighted by molar-refractivity contribution is 9.11. The van der Waals surface area contributed by atoms with Crippen molar-refractivity contribution >= 4 is 27.7 Å². The molecule has 18 heavy (non-hydrogen) atoms. The molecule has 0 bridgehead atoms. The Morgan fingerprint density at radius 3 is 3.06 bits per heavy atom. The number of ether oxygens (including phenoxy) is 1. The highest BCUT2D eigenvalue weighted by Crippen LogP contribution is 2.55. The lowest BCUT2D eigenvalue weighted by molar-refractivity contribution is -0.0892. The largest absolute Gasteiger partial charge is 0.373 e. The van der Waals surface area contributed by atoms with E-state index in [4.69, 9.17) is 9.57 Å². The molecule has 1 spiro atoms. The van der Waals surface area contributed by atoms with Crippen LogP contribution < -0.4 is 5.48 Å². The van der Waals surface area contributed by atoms with Crippen LogP contribution in [0.5, 0.6) is 0 Å². The van der Waals surface area contributed by atoms with Crippen molar-refractivity contribution < 1.29 is 9.57 Å². The van der Waals surface area contributed by atoms with Gasteiger partial charge in [-0.1, -0.05) is 0 Å². The predicted molar refractivity (Wildman–Crippen MR) is 74.0 cm³/mol. The van der Waals surface area contributed by atoms with Crippen LogP contribution in [-0.2, 0) is 9.57 Å². The molecule has 0 aromatic carbocycles. The lowest BCUT2D eigenvalue weighted by Gasteiger charge is -2.46. The SMILES string of the molecule is CN1C(Br)=CSC1[C@]12COC3(CC3)C[C@H]1CON2. The third kappa shape index (κ3) is 1.56. The number of hydrogen-bond acceptors (Lipinski definition) is 5. The molecule has 0 aromatic heterocycles. The zero-order valence-electron chi connectivity index (χ0n) is 10.3. The molecule has 1 aliphatic carbocycles. The smallest absolute Gasteiger partial charge is 0.102 e. The maximum Gasteiger partial charge on any atom is 0.102 e. The van der Waals surface area contributed by atoms with Crippen molar-refractivity contribution in [1.82, 2.24) is 10.4 Å². The first-order chi connectivity index (χ1) is 8.65. The number of likely N-dealkylation sites (N-methyl/N-ethyl adjacent to an activating group) is 1. The minimum Gasteiger partial charge on any atom is -0.373 e. The minimum atomic E-state index is -0.0702. The molecule has 4 aliphatic rings. The lowest BCUT2D eigenvalue weighted by atomic mass is 9.79. The molecule has 0 aromatic rings. The van der Waals surface area contributed by atoms with Gasteiger partial charge in [-0.05, 0) is 35.2 Å². The summed E-state index contributed by atoms with van der Waals surface area (Å²) in [7, 11) is 2.12. The molecular formula is C12H17BrN2O2S.